The van der Waals surface area contributed by atoms with E-state index in [0.717, 1.165) is 12.8 Å². The van der Waals surface area contributed by atoms with E-state index >= 15 is 0 Å². The Morgan fingerprint density at radius 1 is 1.27 bits per heavy atom. The second kappa shape index (κ2) is 6.58. The van der Waals surface area contributed by atoms with Gasteiger partial charge >= 0.3 is 0 Å². The number of nitrogens with one attached hydrogen (secondary N) is 1. The molecule has 1 saturated carbocycles. The SMILES string of the molecule is NC[C@@H](NC(=O)c1cccc(Oc2ccncc2)c1)C1CC1. The van der Waals surface area contributed by atoms with Crippen LogP contribution in [0.15, 0.2) is 48.8 Å². The number of pyridine rings is 1. The number of ether oxygens (including phenoxy) is 1. The van der Waals surface area contributed by atoms with Crippen LogP contribution in [0.2, 0.25) is 0 Å². The van der Waals surface area contributed by atoms with Gasteiger partial charge in [-0.05, 0) is 49.1 Å². The highest BCUT2D eigenvalue weighted by Crippen LogP contribution is 2.32. The maximum Gasteiger partial charge on any atom is 0.251 e. The van der Waals surface area contributed by atoms with Gasteiger partial charge in [0.25, 0.3) is 5.91 Å². The molecule has 5 heteroatoms. The van der Waals surface area contributed by atoms with E-state index in [1.54, 1.807) is 42.7 Å². The topological polar surface area (TPSA) is 77.2 Å². The number of nitrogens with zero attached hydrogens (tertiary/aromatic N) is 1. The monoisotopic (exact) mass is 297 g/mol. The summed E-state index contributed by atoms with van der Waals surface area (Å²) in [4.78, 5) is 16.3. The van der Waals surface area contributed by atoms with Crippen molar-refractivity contribution in [3.8, 4) is 11.5 Å². The first-order valence-corrected chi connectivity index (χ1v) is 7.45. The van der Waals surface area contributed by atoms with Gasteiger partial charge in [-0.25, -0.2) is 0 Å². The Morgan fingerprint density at radius 3 is 2.73 bits per heavy atom. The minimum absolute atomic E-state index is 0.0669. The molecular weight excluding hydrogens is 278 g/mol. The van der Waals surface area contributed by atoms with Crippen molar-refractivity contribution < 1.29 is 9.53 Å². The number of aromatic nitrogens is 1. The van der Waals surface area contributed by atoms with Crippen LogP contribution in [0.25, 0.3) is 0 Å². The van der Waals surface area contributed by atoms with E-state index in [4.69, 9.17) is 10.5 Å². The molecule has 1 atom stereocenters. The number of hydrogen-bond donors (Lipinski definition) is 2. The average molecular weight is 297 g/mol. The Kier molecular flexibility index (Phi) is 4.34. The van der Waals surface area contributed by atoms with Crippen LogP contribution in [0.3, 0.4) is 0 Å². The molecule has 3 N–H and O–H groups in total. The van der Waals surface area contributed by atoms with Gasteiger partial charge in [-0.3, -0.25) is 9.78 Å². The van der Waals surface area contributed by atoms with Crippen molar-refractivity contribution in [2.75, 3.05) is 6.54 Å². The highest BCUT2D eigenvalue weighted by atomic mass is 16.5. The van der Waals surface area contributed by atoms with E-state index in [-0.39, 0.29) is 11.9 Å². The average Bonchev–Trinajstić information content (AvgIpc) is 3.38. The van der Waals surface area contributed by atoms with Gasteiger partial charge in [0, 0.05) is 30.5 Å². The molecule has 1 aromatic heterocycles. The highest BCUT2D eigenvalue weighted by molar-refractivity contribution is 5.94. The predicted octanol–water partition coefficient (Wildman–Crippen LogP) is 2.34. The molecule has 1 fully saturated rings. The molecule has 1 aliphatic carbocycles. The van der Waals surface area contributed by atoms with E-state index < -0.39 is 0 Å². The number of carbonyl (C=O) groups is 1. The second-order valence-corrected chi connectivity index (χ2v) is 5.47. The van der Waals surface area contributed by atoms with Crippen molar-refractivity contribution in [3.05, 3.63) is 54.4 Å². The zero-order valence-corrected chi connectivity index (χ0v) is 12.2. The van der Waals surface area contributed by atoms with Crippen LogP contribution in [0.1, 0.15) is 23.2 Å². The van der Waals surface area contributed by atoms with Gasteiger partial charge < -0.3 is 15.8 Å². The van der Waals surface area contributed by atoms with Gasteiger partial charge in [0.15, 0.2) is 0 Å². The number of carbonyl (C=O) groups excluding carboxylic acids is 1. The van der Waals surface area contributed by atoms with Crippen molar-refractivity contribution in [1.29, 1.82) is 0 Å². The van der Waals surface area contributed by atoms with Gasteiger partial charge in [-0.15, -0.1) is 0 Å². The summed E-state index contributed by atoms with van der Waals surface area (Å²) in [7, 11) is 0. The van der Waals surface area contributed by atoms with Crippen LogP contribution in [0.5, 0.6) is 11.5 Å². The smallest absolute Gasteiger partial charge is 0.251 e. The fourth-order valence-electron chi connectivity index (χ4n) is 2.36. The number of rotatable bonds is 6. The predicted molar refractivity (Wildman–Crippen MR) is 83.8 cm³/mol. The standard InChI is InChI=1S/C17H19N3O2/c18-11-16(12-4-5-12)20-17(21)13-2-1-3-15(10-13)22-14-6-8-19-9-7-14/h1-3,6-10,12,16H,4-5,11,18H2,(H,20,21)/t16-/m1/s1. The first-order chi connectivity index (χ1) is 10.8. The van der Waals surface area contributed by atoms with E-state index in [1.165, 1.54) is 0 Å². The molecule has 0 unspecified atom stereocenters. The second-order valence-electron chi connectivity index (χ2n) is 5.47. The molecule has 1 aromatic carbocycles. The Morgan fingerprint density at radius 2 is 2.05 bits per heavy atom. The van der Waals surface area contributed by atoms with Crippen molar-refractivity contribution in [2.24, 2.45) is 11.7 Å². The third-order valence-corrected chi connectivity index (χ3v) is 3.74. The van der Waals surface area contributed by atoms with Crippen LogP contribution in [-0.2, 0) is 0 Å². The minimum atomic E-state index is -0.109. The third-order valence-electron chi connectivity index (χ3n) is 3.74. The van der Waals surface area contributed by atoms with E-state index in [0.29, 0.717) is 29.5 Å². The summed E-state index contributed by atoms with van der Waals surface area (Å²) in [6.07, 6.45) is 5.61. The zero-order chi connectivity index (χ0) is 15.4. The van der Waals surface area contributed by atoms with Gasteiger partial charge in [-0.1, -0.05) is 6.07 Å². The number of hydrogen-bond acceptors (Lipinski definition) is 4. The molecule has 0 saturated heterocycles. The van der Waals surface area contributed by atoms with E-state index in [2.05, 4.69) is 10.3 Å². The Bertz CT molecular complexity index is 641. The molecule has 3 rings (SSSR count). The van der Waals surface area contributed by atoms with Gasteiger partial charge in [0.05, 0.1) is 0 Å². The first kappa shape index (κ1) is 14.5. The third kappa shape index (κ3) is 3.62. The molecule has 0 radical (unpaired) electrons. The fraction of sp³-hybridized carbons (Fsp3) is 0.294. The Hall–Kier alpha value is -2.40. The van der Waals surface area contributed by atoms with Crippen LogP contribution in [-0.4, -0.2) is 23.5 Å². The quantitative estimate of drug-likeness (QED) is 0.858. The number of amides is 1. The van der Waals surface area contributed by atoms with Crippen LogP contribution in [0, 0.1) is 5.92 Å². The molecule has 1 heterocycles. The summed E-state index contributed by atoms with van der Waals surface area (Å²) >= 11 is 0. The molecule has 5 nitrogen and oxygen atoms in total. The van der Waals surface area contributed by atoms with Crippen molar-refractivity contribution in [1.82, 2.24) is 10.3 Å². The lowest BCUT2D eigenvalue weighted by Gasteiger charge is -2.16. The molecule has 114 valence electrons. The summed E-state index contributed by atoms with van der Waals surface area (Å²) in [6, 6.07) is 10.7. The largest absolute Gasteiger partial charge is 0.457 e. The van der Waals surface area contributed by atoms with Crippen LogP contribution < -0.4 is 15.8 Å². The molecule has 22 heavy (non-hydrogen) atoms. The number of nitrogens with two attached hydrogens (primary N) is 1. The molecule has 1 aliphatic rings. The zero-order valence-electron chi connectivity index (χ0n) is 12.2. The van der Waals surface area contributed by atoms with Crippen molar-refractivity contribution in [3.63, 3.8) is 0 Å². The lowest BCUT2D eigenvalue weighted by atomic mass is 10.1. The number of benzene rings is 1. The summed E-state index contributed by atoms with van der Waals surface area (Å²) < 4.78 is 5.72. The Labute approximate surface area is 129 Å². The summed E-state index contributed by atoms with van der Waals surface area (Å²) in [5, 5.41) is 3.01. The normalized spacial score (nSPS) is 15.1. The van der Waals surface area contributed by atoms with Crippen LogP contribution >= 0.6 is 0 Å². The van der Waals surface area contributed by atoms with Gasteiger partial charge in [-0.2, -0.15) is 0 Å². The molecular formula is C17H19N3O2. The minimum Gasteiger partial charge on any atom is -0.457 e. The lowest BCUT2D eigenvalue weighted by Crippen LogP contribution is -2.41. The highest BCUT2D eigenvalue weighted by Gasteiger charge is 2.31. The maximum absolute atomic E-state index is 12.3. The van der Waals surface area contributed by atoms with Gasteiger partial charge in [0.1, 0.15) is 11.5 Å². The van der Waals surface area contributed by atoms with Crippen LogP contribution in [0.4, 0.5) is 0 Å². The first-order valence-electron chi connectivity index (χ1n) is 7.45. The molecule has 1 amide bonds. The molecule has 0 aliphatic heterocycles. The van der Waals surface area contributed by atoms with Crippen molar-refractivity contribution in [2.45, 2.75) is 18.9 Å². The maximum atomic E-state index is 12.3. The summed E-state index contributed by atoms with van der Waals surface area (Å²) in [5.41, 5.74) is 6.30. The van der Waals surface area contributed by atoms with E-state index in [9.17, 15) is 4.79 Å². The summed E-state index contributed by atoms with van der Waals surface area (Å²) in [6.45, 7) is 0.476. The van der Waals surface area contributed by atoms with E-state index in [1.807, 2.05) is 6.07 Å². The molecule has 2 aromatic rings. The fourth-order valence-corrected chi connectivity index (χ4v) is 2.36. The van der Waals surface area contributed by atoms with Gasteiger partial charge in [0.2, 0.25) is 0 Å². The lowest BCUT2D eigenvalue weighted by molar-refractivity contribution is 0.0933. The van der Waals surface area contributed by atoms with Crippen molar-refractivity contribution >= 4 is 5.91 Å². The Balaban J connectivity index is 1.69. The molecule has 0 bridgehead atoms. The molecule has 0 spiro atoms. The summed E-state index contributed by atoms with van der Waals surface area (Å²) in [5.74, 6) is 1.73.